The van der Waals surface area contributed by atoms with Crippen LogP contribution in [0.3, 0.4) is 0 Å². The van der Waals surface area contributed by atoms with Crippen molar-refractivity contribution in [3.8, 4) is 0 Å². The smallest absolute Gasteiger partial charge is 0.146 e. The topological polar surface area (TPSA) is 29.1 Å². The monoisotopic (exact) mass is 167 g/mol. The third-order valence-electron chi connectivity index (χ3n) is 3.46. The minimum absolute atomic E-state index is 0.186. The highest BCUT2D eigenvalue weighted by Gasteiger charge is 2.38. The molecule has 12 heavy (non-hydrogen) atoms. The SMILES string of the molecule is CC(=O)C1NCCC2CCCC21. The second-order valence-corrected chi connectivity index (χ2v) is 4.19. The van der Waals surface area contributed by atoms with Crippen molar-refractivity contribution in [3.63, 3.8) is 0 Å². The molecule has 2 nitrogen and oxygen atoms in total. The van der Waals surface area contributed by atoms with Crippen molar-refractivity contribution in [2.24, 2.45) is 11.8 Å². The van der Waals surface area contributed by atoms with E-state index < -0.39 is 0 Å². The van der Waals surface area contributed by atoms with Crippen LogP contribution in [0.15, 0.2) is 0 Å². The lowest BCUT2D eigenvalue weighted by Crippen LogP contribution is -2.48. The number of hydrogen-bond donors (Lipinski definition) is 1. The average Bonchev–Trinajstić information content (AvgIpc) is 2.49. The quantitative estimate of drug-likeness (QED) is 0.638. The van der Waals surface area contributed by atoms with Gasteiger partial charge >= 0.3 is 0 Å². The standard InChI is InChI=1S/C10H17NO/c1-7(12)10-9-4-2-3-8(9)5-6-11-10/h8-11H,2-6H2,1H3. The zero-order chi connectivity index (χ0) is 8.55. The van der Waals surface area contributed by atoms with Gasteiger partial charge in [-0.3, -0.25) is 4.79 Å². The Hall–Kier alpha value is -0.370. The van der Waals surface area contributed by atoms with E-state index in [1.807, 2.05) is 0 Å². The van der Waals surface area contributed by atoms with Crippen molar-refractivity contribution in [2.45, 2.75) is 38.6 Å². The van der Waals surface area contributed by atoms with E-state index >= 15 is 0 Å². The zero-order valence-electron chi connectivity index (χ0n) is 7.68. The number of carbonyl (C=O) groups is 1. The first-order valence-corrected chi connectivity index (χ1v) is 5.03. The molecule has 1 saturated heterocycles. The lowest BCUT2D eigenvalue weighted by atomic mass is 9.82. The van der Waals surface area contributed by atoms with Crippen LogP contribution in [0.1, 0.15) is 32.6 Å². The van der Waals surface area contributed by atoms with E-state index in [0.29, 0.717) is 11.7 Å². The molecular formula is C10H17NO. The second kappa shape index (κ2) is 3.17. The minimum atomic E-state index is 0.186. The third-order valence-corrected chi connectivity index (χ3v) is 3.46. The predicted octanol–water partition coefficient (Wildman–Crippen LogP) is 1.35. The summed E-state index contributed by atoms with van der Waals surface area (Å²) in [5.41, 5.74) is 0. The molecular weight excluding hydrogens is 150 g/mol. The van der Waals surface area contributed by atoms with E-state index in [1.165, 1.54) is 25.7 Å². The number of piperidine rings is 1. The molecule has 0 aromatic heterocycles. The summed E-state index contributed by atoms with van der Waals surface area (Å²) in [7, 11) is 0. The molecule has 3 unspecified atom stereocenters. The van der Waals surface area contributed by atoms with Crippen LogP contribution >= 0.6 is 0 Å². The Bertz CT molecular complexity index is 190. The molecule has 1 aliphatic heterocycles. The summed E-state index contributed by atoms with van der Waals surface area (Å²) in [6, 6.07) is 0.186. The van der Waals surface area contributed by atoms with Gasteiger partial charge in [0.05, 0.1) is 6.04 Å². The Labute approximate surface area is 73.7 Å². The lowest BCUT2D eigenvalue weighted by Gasteiger charge is -2.33. The summed E-state index contributed by atoms with van der Waals surface area (Å²) in [4.78, 5) is 11.3. The van der Waals surface area contributed by atoms with Gasteiger partial charge in [0.15, 0.2) is 0 Å². The fourth-order valence-electron chi connectivity index (χ4n) is 2.88. The van der Waals surface area contributed by atoms with Crippen molar-refractivity contribution >= 4 is 5.78 Å². The summed E-state index contributed by atoms with van der Waals surface area (Å²) in [6.45, 7) is 2.77. The van der Waals surface area contributed by atoms with Crippen LogP contribution in [0.25, 0.3) is 0 Å². The summed E-state index contributed by atoms with van der Waals surface area (Å²) >= 11 is 0. The molecule has 1 aliphatic carbocycles. The Kier molecular flexibility index (Phi) is 2.18. The molecule has 0 aromatic rings. The van der Waals surface area contributed by atoms with Gasteiger partial charge in [0.25, 0.3) is 0 Å². The average molecular weight is 167 g/mol. The van der Waals surface area contributed by atoms with Crippen molar-refractivity contribution in [1.82, 2.24) is 5.32 Å². The first kappa shape index (κ1) is 8.24. The van der Waals surface area contributed by atoms with E-state index in [4.69, 9.17) is 0 Å². The van der Waals surface area contributed by atoms with Gasteiger partial charge in [-0.15, -0.1) is 0 Å². The van der Waals surface area contributed by atoms with Crippen molar-refractivity contribution in [3.05, 3.63) is 0 Å². The van der Waals surface area contributed by atoms with E-state index in [1.54, 1.807) is 6.92 Å². The van der Waals surface area contributed by atoms with Crippen molar-refractivity contribution in [1.29, 1.82) is 0 Å². The summed E-state index contributed by atoms with van der Waals surface area (Å²) in [5, 5.41) is 3.34. The Morgan fingerprint density at radius 3 is 2.92 bits per heavy atom. The van der Waals surface area contributed by atoms with Gasteiger partial charge in [-0.1, -0.05) is 12.8 Å². The first-order chi connectivity index (χ1) is 5.79. The predicted molar refractivity (Wildman–Crippen MR) is 47.9 cm³/mol. The van der Waals surface area contributed by atoms with Crippen LogP contribution in [-0.2, 0) is 4.79 Å². The van der Waals surface area contributed by atoms with Crippen LogP contribution in [0.4, 0.5) is 0 Å². The van der Waals surface area contributed by atoms with E-state index in [-0.39, 0.29) is 6.04 Å². The highest BCUT2D eigenvalue weighted by atomic mass is 16.1. The van der Waals surface area contributed by atoms with Gasteiger partial charge in [0.1, 0.15) is 5.78 Å². The summed E-state index contributed by atoms with van der Waals surface area (Å²) < 4.78 is 0. The lowest BCUT2D eigenvalue weighted by molar-refractivity contribution is -0.121. The molecule has 0 aromatic carbocycles. The fourth-order valence-corrected chi connectivity index (χ4v) is 2.88. The molecule has 2 fully saturated rings. The highest BCUT2D eigenvalue weighted by molar-refractivity contribution is 5.82. The Balaban J connectivity index is 2.08. The van der Waals surface area contributed by atoms with Gasteiger partial charge in [-0.05, 0) is 38.1 Å². The summed E-state index contributed by atoms with van der Waals surface area (Å²) in [5.74, 6) is 1.85. The maximum Gasteiger partial charge on any atom is 0.146 e. The molecule has 0 amide bonds. The number of nitrogens with one attached hydrogen (secondary N) is 1. The fraction of sp³-hybridized carbons (Fsp3) is 0.900. The minimum Gasteiger partial charge on any atom is -0.307 e. The van der Waals surface area contributed by atoms with Crippen LogP contribution < -0.4 is 5.32 Å². The number of Topliss-reactive ketones (excluding diaryl/α,β-unsaturated/α-hetero) is 1. The molecule has 0 bridgehead atoms. The first-order valence-electron chi connectivity index (χ1n) is 5.03. The largest absolute Gasteiger partial charge is 0.307 e. The molecule has 1 saturated carbocycles. The maximum atomic E-state index is 11.3. The molecule has 3 atom stereocenters. The van der Waals surface area contributed by atoms with Crippen molar-refractivity contribution < 1.29 is 4.79 Å². The molecule has 2 heteroatoms. The summed E-state index contributed by atoms with van der Waals surface area (Å²) in [6.07, 6.45) is 5.24. The molecule has 68 valence electrons. The number of fused-ring (bicyclic) bond motifs is 1. The zero-order valence-corrected chi connectivity index (χ0v) is 7.68. The maximum absolute atomic E-state index is 11.3. The highest BCUT2D eigenvalue weighted by Crippen LogP contribution is 2.38. The van der Waals surface area contributed by atoms with Gasteiger partial charge in [-0.25, -0.2) is 0 Å². The molecule has 0 spiro atoms. The number of ketones is 1. The molecule has 1 N–H and O–H groups in total. The molecule has 1 heterocycles. The molecule has 0 radical (unpaired) electrons. The van der Waals surface area contributed by atoms with Crippen LogP contribution in [0.2, 0.25) is 0 Å². The molecule has 2 aliphatic rings. The Morgan fingerprint density at radius 1 is 1.33 bits per heavy atom. The normalized spacial score (nSPS) is 40.9. The second-order valence-electron chi connectivity index (χ2n) is 4.19. The van der Waals surface area contributed by atoms with Gasteiger partial charge < -0.3 is 5.32 Å². The van der Waals surface area contributed by atoms with Crippen LogP contribution in [0, 0.1) is 11.8 Å². The van der Waals surface area contributed by atoms with Gasteiger partial charge in [0, 0.05) is 0 Å². The van der Waals surface area contributed by atoms with Crippen LogP contribution in [0.5, 0.6) is 0 Å². The van der Waals surface area contributed by atoms with E-state index in [9.17, 15) is 4.79 Å². The molecule has 2 rings (SSSR count). The third kappa shape index (κ3) is 1.28. The number of rotatable bonds is 1. The Morgan fingerprint density at radius 2 is 2.17 bits per heavy atom. The van der Waals surface area contributed by atoms with Crippen molar-refractivity contribution in [2.75, 3.05) is 6.54 Å². The van der Waals surface area contributed by atoms with E-state index in [0.717, 1.165) is 12.5 Å². The van der Waals surface area contributed by atoms with Gasteiger partial charge in [0.2, 0.25) is 0 Å². The van der Waals surface area contributed by atoms with Gasteiger partial charge in [-0.2, -0.15) is 0 Å². The van der Waals surface area contributed by atoms with E-state index in [2.05, 4.69) is 5.32 Å². The number of hydrogen-bond acceptors (Lipinski definition) is 2. The number of carbonyl (C=O) groups excluding carboxylic acids is 1. The van der Waals surface area contributed by atoms with Crippen LogP contribution in [-0.4, -0.2) is 18.4 Å².